The van der Waals surface area contributed by atoms with Crippen molar-refractivity contribution < 1.29 is 4.92 Å². The standard InChI is InChI=1S/C12H19N3O2/c1-5-7-12(3,4)14-11-10(15(16)17)9(2)6-8-13-11/h6,8H,5,7H2,1-4H3,(H,13,14). The summed E-state index contributed by atoms with van der Waals surface area (Å²) in [6.07, 6.45) is 3.53. The average molecular weight is 237 g/mol. The molecule has 0 saturated carbocycles. The molecule has 0 amide bonds. The van der Waals surface area contributed by atoms with Gasteiger partial charge in [-0.25, -0.2) is 4.98 Å². The molecule has 94 valence electrons. The maximum absolute atomic E-state index is 11.0. The minimum atomic E-state index is -0.382. The van der Waals surface area contributed by atoms with Crippen molar-refractivity contribution in [2.75, 3.05) is 5.32 Å². The number of rotatable bonds is 5. The van der Waals surface area contributed by atoms with E-state index in [4.69, 9.17) is 0 Å². The highest BCUT2D eigenvalue weighted by Gasteiger charge is 2.24. The van der Waals surface area contributed by atoms with E-state index in [0.29, 0.717) is 11.4 Å². The number of nitrogens with zero attached hydrogens (tertiary/aromatic N) is 2. The van der Waals surface area contributed by atoms with E-state index in [2.05, 4.69) is 17.2 Å². The molecule has 0 aliphatic heterocycles. The Balaban J connectivity index is 3.06. The van der Waals surface area contributed by atoms with Crippen molar-refractivity contribution in [3.05, 3.63) is 27.9 Å². The van der Waals surface area contributed by atoms with E-state index >= 15 is 0 Å². The minimum absolute atomic E-state index is 0.0664. The van der Waals surface area contributed by atoms with Gasteiger partial charge < -0.3 is 5.32 Å². The second-order valence-corrected chi connectivity index (χ2v) is 4.84. The van der Waals surface area contributed by atoms with Crippen molar-refractivity contribution in [1.29, 1.82) is 0 Å². The molecule has 5 heteroatoms. The van der Waals surface area contributed by atoms with Crippen LogP contribution in [0.25, 0.3) is 0 Å². The summed E-state index contributed by atoms with van der Waals surface area (Å²) in [5, 5.41) is 14.2. The van der Waals surface area contributed by atoms with Gasteiger partial charge in [0.2, 0.25) is 5.82 Å². The van der Waals surface area contributed by atoms with E-state index in [-0.39, 0.29) is 16.1 Å². The lowest BCUT2D eigenvalue weighted by Gasteiger charge is -2.26. The van der Waals surface area contributed by atoms with Gasteiger partial charge in [0.05, 0.1) is 4.92 Å². The smallest absolute Gasteiger partial charge is 0.314 e. The molecule has 0 unspecified atom stereocenters. The first kappa shape index (κ1) is 13.4. The second-order valence-electron chi connectivity index (χ2n) is 4.84. The zero-order valence-corrected chi connectivity index (χ0v) is 10.8. The van der Waals surface area contributed by atoms with E-state index in [9.17, 15) is 10.1 Å². The van der Waals surface area contributed by atoms with Crippen LogP contribution in [0, 0.1) is 17.0 Å². The Kier molecular flexibility index (Phi) is 4.04. The molecule has 0 fully saturated rings. The van der Waals surface area contributed by atoms with Crippen LogP contribution in [-0.2, 0) is 0 Å². The summed E-state index contributed by atoms with van der Waals surface area (Å²) in [4.78, 5) is 14.7. The van der Waals surface area contributed by atoms with Gasteiger partial charge in [-0.3, -0.25) is 10.1 Å². The highest BCUT2D eigenvalue weighted by molar-refractivity contribution is 5.60. The Bertz CT molecular complexity index is 416. The van der Waals surface area contributed by atoms with Gasteiger partial charge in [0.1, 0.15) is 0 Å². The van der Waals surface area contributed by atoms with Crippen LogP contribution >= 0.6 is 0 Å². The Labute approximate surface area is 101 Å². The molecular weight excluding hydrogens is 218 g/mol. The van der Waals surface area contributed by atoms with Gasteiger partial charge in [0, 0.05) is 17.3 Å². The monoisotopic (exact) mass is 237 g/mol. The third-order valence-corrected chi connectivity index (χ3v) is 2.64. The van der Waals surface area contributed by atoms with Crippen molar-refractivity contribution in [3.8, 4) is 0 Å². The number of aryl methyl sites for hydroxylation is 1. The number of aromatic nitrogens is 1. The highest BCUT2D eigenvalue weighted by Crippen LogP contribution is 2.29. The molecule has 0 spiro atoms. The predicted molar refractivity (Wildman–Crippen MR) is 68.2 cm³/mol. The first-order chi connectivity index (χ1) is 7.87. The first-order valence-electron chi connectivity index (χ1n) is 5.75. The third kappa shape index (κ3) is 3.41. The van der Waals surface area contributed by atoms with Crippen molar-refractivity contribution in [2.45, 2.75) is 46.1 Å². The zero-order chi connectivity index (χ0) is 13.1. The molecule has 0 atom stereocenters. The molecule has 1 rings (SSSR count). The lowest BCUT2D eigenvalue weighted by Crippen LogP contribution is -2.31. The molecule has 1 aromatic heterocycles. The fraction of sp³-hybridized carbons (Fsp3) is 0.583. The van der Waals surface area contributed by atoms with Crippen LogP contribution in [0.2, 0.25) is 0 Å². The lowest BCUT2D eigenvalue weighted by molar-refractivity contribution is -0.384. The number of hydrogen-bond donors (Lipinski definition) is 1. The molecule has 0 aromatic carbocycles. The summed E-state index contributed by atoms with van der Waals surface area (Å²) in [7, 11) is 0. The molecule has 5 nitrogen and oxygen atoms in total. The molecule has 0 radical (unpaired) electrons. The van der Waals surface area contributed by atoms with Crippen molar-refractivity contribution in [1.82, 2.24) is 4.98 Å². The van der Waals surface area contributed by atoms with Crippen LogP contribution in [-0.4, -0.2) is 15.4 Å². The van der Waals surface area contributed by atoms with E-state index in [1.807, 2.05) is 13.8 Å². The quantitative estimate of drug-likeness (QED) is 0.630. The average Bonchev–Trinajstić information content (AvgIpc) is 2.15. The van der Waals surface area contributed by atoms with E-state index in [1.165, 1.54) is 0 Å². The van der Waals surface area contributed by atoms with E-state index in [1.54, 1.807) is 19.2 Å². The van der Waals surface area contributed by atoms with Crippen LogP contribution < -0.4 is 5.32 Å². The number of anilines is 1. The molecule has 1 N–H and O–H groups in total. The minimum Gasteiger partial charge on any atom is -0.359 e. The topological polar surface area (TPSA) is 68.1 Å². The number of nitro groups is 1. The maximum atomic E-state index is 11.0. The first-order valence-corrected chi connectivity index (χ1v) is 5.75. The van der Waals surface area contributed by atoms with Crippen LogP contribution in [0.15, 0.2) is 12.3 Å². The largest absolute Gasteiger partial charge is 0.359 e. The van der Waals surface area contributed by atoms with Crippen molar-refractivity contribution in [3.63, 3.8) is 0 Å². The van der Waals surface area contributed by atoms with Crippen molar-refractivity contribution >= 4 is 11.5 Å². The van der Waals surface area contributed by atoms with Crippen LogP contribution in [0.3, 0.4) is 0 Å². The maximum Gasteiger partial charge on any atom is 0.314 e. The fourth-order valence-electron chi connectivity index (χ4n) is 1.88. The van der Waals surface area contributed by atoms with Gasteiger partial charge >= 0.3 is 5.69 Å². The fourth-order valence-corrected chi connectivity index (χ4v) is 1.88. The molecule has 17 heavy (non-hydrogen) atoms. The Morgan fingerprint density at radius 3 is 2.71 bits per heavy atom. The predicted octanol–water partition coefficient (Wildman–Crippen LogP) is 3.29. The Hall–Kier alpha value is -1.65. The van der Waals surface area contributed by atoms with Gasteiger partial charge in [-0.1, -0.05) is 13.3 Å². The summed E-state index contributed by atoms with van der Waals surface area (Å²) >= 11 is 0. The SMILES string of the molecule is CCCC(C)(C)Nc1nccc(C)c1[N+](=O)[O-]. The molecule has 0 aliphatic carbocycles. The number of hydrogen-bond acceptors (Lipinski definition) is 4. The summed E-state index contributed by atoms with van der Waals surface area (Å²) in [6.45, 7) is 7.84. The molecular formula is C12H19N3O2. The van der Waals surface area contributed by atoms with Gasteiger partial charge in [-0.05, 0) is 33.3 Å². The summed E-state index contributed by atoms with van der Waals surface area (Å²) in [5.74, 6) is 0.355. The van der Waals surface area contributed by atoms with Gasteiger partial charge in [-0.2, -0.15) is 0 Å². The molecule has 0 aliphatic rings. The van der Waals surface area contributed by atoms with Crippen molar-refractivity contribution in [2.24, 2.45) is 0 Å². The van der Waals surface area contributed by atoms with Crippen LogP contribution in [0.4, 0.5) is 11.5 Å². The van der Waals surface area contributed by atoms with Gasteiger partial charge in [0.25, 0.3) is 0 Å². The zero-order valence-electron chi connectivity index (χ0n) is 10.8. The normalized spacial score (nSPS) is 11.3. The molecule has 1 aromatic rings. The van der Waals surface area contributed by atoms with E-state index in [0.717, 1.165) is 12.8 Å². The Morgan fingerprint density at radius 1 is 1.53 bits per heavy atom. The molecule has 0 bridgehead atoms. The number of nitrogens with one attached hydrogen (secondary N) is 1. The van der Waals surface area contributed by atoms with Gasteiger partial charge in [0.15, 0.2) is 0 Å². The Morgan fingerprint density at radius 2 is 2.18 bits per heavy atom. The number of pyridine rings is 1. The van der Waals surface area contributed by atoms with Crippen LogP contribution in [0.5, 0.6) is 0 Å². The second kappa shape index (κ2) is 5.12. The molecule has 1 heterocycles. The van der Waals surface area contributed by atoms with Crippen LogP contribution in [0.1, 0.15) is 39.2 Å². The van der Waals surface area contributed by atoms with E-state index < -0.39 is 0 Å². The summed E-state index contributed by atoms with van der Waals surface area (Å²) in [6, 6.07) is 1.65. The van der Waals surface area contributed by atoms with Gasteiger partial charge in [-0.15, -0.1) is 0 Å². The summed E-state index contributed by atoms with van der Waals surface area (Å²) < 4.78 is 0. The summed E-state index contributed by atoms with van der Waals surface area (Å²) in [5.41, 5.74) is 0.497. The highest BCUT2D eigenvalue weighted by atomic mass is 16.6. The third-order valence-electron chi connectivity index (χ3n) is 2.64. The lowest BCUT2D eigenvalue weighted by atomic mass is 9.99. The molecule has 0 saturated heterocycles.